The van der Waals surface area contributed by atoms with Crippen molar-refractivity contribution in [3.05, 3.63) is 58.6 Å². The number of anilines is 1. The highest BCUT2D eigenvalue weighted by Crippen LogP contribution is 2.26. The maximum atomic E-state index is 14.4. The lowest BCUT2D eigenvalue weighted by molar-refractivity contribution is -0.128. The molecule has 1 amide bonds. The monoisotopic (exact) mass is 348 g/mol. The van der Waals surface area contributed by atoms with Crippen LogP contribution < -0.4 is 11.0 Å². The van der Waals surface area contributed by atoms with E-state index in [0.29, 0.717) is 5.56 Å². The van der Waals surface area contributed by atoms with Crippen molar-refractivity contribution in [2.75, 3.05) is 11.9 Å². The molecular weight excluding hydrogens is 329 g/mol. The molecule has 0 spiro atoms. The Kier molecular flexibility index (Phi) is 4.53. The molecule has 25 heavy (non-hydrogen) atoms. The van der Waals surface area contributed by atoms with Crippen LogP contribution in [0.15, 0.2) is 47.4 Å². The van der Waals surface area contributed by atoms with Crippen LogP contribution in [0.2, 0.25) is 0 Å². The molecule has 0 aliphatic carbocycles. The third-order valence-corrected chi connectivity index (χ3v) is 4.02. The molecule has 0 bridgehead atoms. The van der Waals surface area contributed by atoms with Gasteiger partial charge in [-0.2, -0.15) is 4.98 Å². The van der Waals surface area contributed by atoms with Gasteiger partial charge in [0, 0.05) is 13.1 Å². The number of hydrogen-bond donors (Lipinski definition) is 2. The predicted molar refractivity (Wildman–Crippen MR) is 88.2 cm³/mol. The minimum absolute atomic E-state index is 0.0387. The summed E-state index contributed by atoms with van der Waals surface area (Å²) < 4.78 is 27.9. The molecule has 1 saturated heterocycles. The summed E-state index contributed by atoms with van der Waals surface area (Å²) in [5.74, 6) is -0.384. The molecule has 2 N–H and O–H groups in total. The van der Waals surface area contributed by atoms with Gasteiger partial charge in [-0.3, -0.25) is 9.36 Å². The van der Waals surface area contributed by atoms with E-state index >= 15 is 0 Å². The first kappa shape index (κ1) is 15.9. The minimum Gasteiger partial charge on any atom is -0.387 e. The molecule has 2 heterocycles. The van der Waals surface area contributed by atoms with Gasteiger partial charge in [-0.05, 0) is 25.1 Å². The summed E-state index contributed by atoms with van der Waals surface area (Å²) in [6.07, 6.45) is -2.88. The zero-order valence-electron chi connectivity index (χ0n) is 14.2. The number of ether oxygens (including phenoxy) is 1. The number of halogens is 1. The van der Waals surface area contributed by atoms with Crippen LogP contribution >= 0.6 is 0 Å². The van der Waals surface area contributed by atoms with Crippen LogP contribution in [-0.4, -0.2) is 45.6 Å². The van der Waals surface area contributed by atoms with E-state index in [4.69, 9.17) is 6.11 Å². The van der Waals surface area contributed by atoms with E-state index in [0.717, 1.165) is 4.57 Å². The molecular formula is C17H18FN3O4. The maximum Gasteiger partial charge on any atom is 0.349 e. The Morgan fingerprint density at radius 1 is 1.44 bits per heavy atom. The number of aromatic nitrogens is 2. The van der Waals surface area contributed by atoms with Gasteiger partial charge in [0.05, 0.1) is 18.8 Å². The van der Waals surface area contributed by atoms with Crippen molar-refractivity contribution >= 4 is 11.7 Å². The van der Waals surface area contributed by atoms with Gasteiger partial charge in [0.25, 0.3) is 5.91 Å². The number of amides is 1. The molecule has 0 saturated carbocycles. The van der Waals surface area contributed by atoms with Gasteiger partial charge in [-0.1, -0.05) is 18.2 Å². The second kappa shape index (κ2) is 7.12. The third-order valence-electron chi connectivity index (χ3n) is 4.02. The van der Waals surface area contributed by atoms with Gasteiger partial charge in [0.15, 0.2) is 6.17 Å². The molecule has 4 unspecified atom stereocenters. The molecule has 3 rings (SSSR count). The number of hydrogen-bond acceptors (Lipinski definition) is 5. The summed E-state index contributed by atoms with van der Waals surface area (Å²) in [5, 5.41) is 12.3. The van der Waals surface area contributed by atoms with Gasteiger partial charge < -0.3 is 15.2 Å². The SMILES string of the molecule is [2H]CC1OCC(n2ccc(NC(=O)c3ccccc3)nc2=O)C(F)C1O. The summed E-state index contributed by atoms with van der Waals surface area (Å²) in [6.45, 7) is -0.426. The average Bonchev–Trinajstić information content (AvgIpc) is 2.65. The first-order chi connectivity index (χ1) is 12.5. The largest absolute Gasteiger partial charge is 0.387 e. The lowest BCUT2D eigenvalue weighted by atomic mass is 10.0. The molecule has 1 fully saturated rings. The topological polar surface area (TPSA) is 93.5 Å². The predicted octanol–water partition coefficient (Wildman–Crippen LogP) is 1.15. The van der Waals surface area contributed by atoms with Crippen molar-refractivity contribution in [3.63, 3.8) is 0 Å². The average molecular weight is 348 g/mol. The second-order valence-corrected chi connectivity index (χ2v) is 5.70. The Balaban J connectivity index is 1.76. The molecule has 1 aliphatic rings. The standard InChI is InChI=1S/C17H18FN3O4/c1-10-15(22)14(18)12(9-25-10)21-8-7-13(20-17(21)24)19-16(23)11-5-3-2-4-6-11/h2-8,10,12,14-15,22H,9H2,1H3,(H,19,20,23,24)/i1D. The number of nitrogens with zero attached hydrogens (tertiary/aromatic N) is 2. The molecule has 4 atom stereocenters. The fraction of sp³-hybridized carbons (Fsp3) is 0.353. The number of rotatable bonds is 3. The second-order valence-electron chi connectivity index (χ2n) is 5.70. The minimum atomic E-state index is -1.76. The Hall–Kier alpha value is -2.58. The number of aliphatic hydroxyl groups is 1. The molecule has 1 aromatic heterocycles. The van der Waals surface area contributed by atoms with Gasteiger partial charge >= 0.3 is 5.69 Å². The van der Waals surface area contributed by atoms with Crippen molar-refractivity contribution in [2.45, 2.75) is 31.3 Å². The van der Waals surface area contributed by atoms with Gasteiger partial charge in [-0.15, -0.1) is 0 Å². The van der Waals surface area contributed by atoms with E-state index in [1.54, 1.807) is 30.3 Å². The normalized spacial score (nSPS) is 26.7. The Bertz CT molecular complexity index is 832. The van der Waals surface area contributed by atoms with Crippen molar-refractivity contribution in [1.29, 1.82) is 0 Å². The third kappa shape index (κ3) is 3.59. The number of nitrogens with one attached hydrogen (secondary N) is 1. The van der Waals surface area contributed by atoms with E-state index in [-0.39, 0.29) is 19.3 Å². The number of benzene rings is 1. The zero-order valence-corrected chi connectivity index (χ0v) is 13.2. The van der Waals surface area contributed by atoms with Crippen molar-refractivity contribution in [1.82, 2.24) is 9.55 Å². The first-order valence-corrected chi connectivity index (χ1v) is 7.70. The lowest BCUT2D eigenvalue weighted by Crippen LogP contribution is -2.49. The van der Waals surface area contributed by atoms with E-state index in [9.17, 15) is 19.1 Å². The fourth-order valence-electron chi connectivity index (χ4n) is 2.59. The number of carbonyl (C=O) groups is 1. The van der Waals surface area contributed by atoms with Crippen LogP contribution in [-0.2, 0) is 4.74 Å². The lowest BCUT2D eigenvalue weighted by Gasteiger charge is -2.35. The molecule has 2 aromatic rings. The molecule has 1 aliphatic heterocycles. The van der Waals surface area contributed by atoms with E-state index in [2.05, 4.69) is 10.3 Å². The van der Waals surface area contributed by atoms with E-state index in [1.165, 1.54) is 12.3 Å². The number of alkyl halides is 1. The van der Waals surface area contributed by atoms with E-state index in [1.807, 2.05) is 0 Å². The molecule has 1 aromatic carbocycles. The van der Waals surface area contributed by atoms with Gasteiger partial charge in [-0.25, -0.2) is 9.18 Å². The number of carbonyl (C=O) groups excluding carboxylic acids is 1. The van der Waals surface area contributed by atoms with Crippen molar-refractivity contribution < 1.29 is 20.4 Å². The van der Waals surface area contributed by atoms with Crippen LogP contribution in [0.25, 0.3) is 0 Å². The Morgan fingerprint density at radius 2 is 2.20 bits per heavy atom. The molecule has 132 valence electrons. The molecule has 7 nitrogen and oxygen atoms in total. The highest BCUT2D eigenvalue weighted by Gasteiger charge is 2.39. The smallest absolute Gasteiger partial charge is 0.349 e. The Morgan fingerprint density at radius 3 is 2.88 bits per heavy atom. The molecule has 0 radical (unpaired) electrons. The van der Waals surface area contributed by atoms with Crippen LogP contribution in [0.5, 0.6) is 0 Å². The summed E-state index contributed by atoms with van der Waals surface area (Å²) in [6, 6.07) is 8.75. The van der Waals surface area contributed by atoms with Crippen molar-refractivity contribution in [2.24, 2.45) is 0 Å². The summed E-state index contributed by atoms with van der Waals surface area (Å²) in [5.41, 5.74) is -0.365. The number of aliphatic hydroxyl groups excluding tert-OH is 1. The fourth-order valence-corrected chi connectivity index (χ4v) is 2.59. The summed E-state index contributed by atoms with van der Waals surface area (Å²) in [7, 11) is 0. The maximum absolute atomic E-state index is 14.4. The van der Waals surface area contributed by atoms with Crippen LogP contribution in [0.4, 0.5) is 10.2 Å². The van der Waals surface area contributed by atoms with Crippen molar-refractivity contribution in [3.8, 4) is 0 Å². The van der Waals surface area contributed by atoms with Crippen LogP contribution in [0, 0.1) is 0 Å². The quantitative estimate of drug-likeness (QED) is 0.868. The first-order valence-electron chi connectivity index (χ1n) is 8.40. The van der Waals surface area contributed by atoms with E-state index < -0.39 is 36.0 Å². The highest BCUT2D eigenvalue weighted by molar-refractivity contribution is 6.03. The summed E-state index contributed by atoms with van der Waals surface area (Å²) in [4.78, 5) is 28.1. The Labute approximate surface area is 144 Å². The zero-order chi connectivity index (χ0) is 18.7. The van der Waals surface area contributed by atoms with Crippen LogP contribution in [0.1, 0.15) is 24.7 Å². The van der Waals surface area contributed by atoms with Crippen LogP contribution in [0.3, 0.4) is 0 Å². The van der Waals surface area contributed by atoms with Gasteiger partial charge in [0.2, 0.25) is 0 Å². The molecule has 8 heteroatoms. The van der Waals surface area contributed by atoms with Gasteiger partial charge in [0.1, 0.15) is 11.9 Å². The summed E-state index contributed by atoms with van der Waals surface area (Å²) >= 11 is 0. The highest BCUT2D eigenvalue weighted by atomic mass is 19.1.